The predicted molar refractivity (Wildman–Crippen MR) is 124 cm³/mol. The summed E-state index contributed by atoms with van der Waals surface area (Å²) in [6.45, 7) is 1.70. The summed E-state index contributed by atoms with van der Waals surface area (Å²) in [6.07, 6.45) is 6.06. The van der Waals surface area contributed by atoms with Crippen molar-refractivity contribution in [3.63, 3.8) is 0 Å². The summed E-state index contributed by atoms with van der Waals surface area (Å²) in [5.41, 5.74) is 1.06. The monoisotopic (exact) mass is 465 g/mol. The van der Waals surface area contributed by atoms with Gasteiger partial charge >= 0.3 is 0 Å². The average molecular weight is 466 g/mol. The third kappa shape index (κ3) is 5.75. The molecule has 0 N–H and O–H groups in total. The molecule has 6 nitrogen and oxygen atoms in total. The van der Waals surface area contributed by atoms with Crippen molar-refractivity contribution in [1.82, 2.24) is 14.8 Å². The van der Waals surface area contributed by atoms with Gasteiger partial charge in [0.15, 0.2) is 11.6 Å². The fourth-order valence-electron chi connectivity index (χ4n) is 3.44. The number of benzene rings is 2. The lowest BCUT2D eigenvalue weighted by molar-refractivity contribution is -0.127. The Balaban J connectivity index is 1.32. The smallest absolute Gasteiger partial charge is 0.254 e. The maximum atomic E-state index is 14.4. The van der Waals surface area contributed by atoms with Crippen LogP contribution in [-0.4, -0.2) is 52.8 Å². The van der Waals surface area contributed by atoms with E-state index in [2.05, 4.69) is 4.98 Å². The Morgan fingerprint density at radius 3 is 2.48 bits per heavy atom. The van der Waals surface area contributed by atoms with Crippen LogP contribution in [0.3, 0.4) is 0 Å². The van der Waals surface area contributed by atoms with Gasteiger partial charge in [0.1, 0.15) is 5.75 Å². The second kappa shape index (κ2) is 10.3. The molecule has 8 heteroatoms. The Morgan fingerprint density at radius 2 is 1.79 bits per heavy atom. The Morgan fingerprint density at radius 1 is 1.00 bits per heavy atom. The molecule has 0 spiro atoms. The number of aromatic nitrogens is 1. The molecule has 2 aromatic carbocycles. The van der Waals surface area contributed by atoms with E-state index in [-0.39, 0.29) is 17.6 Å². The lowest BCUT2D eigenvalue weighted by Gasteiger charge is -2.34. The van der Waals surface area contributed by atoms with E-state index in [0.29, 0.717) is 48.1 Å². The van der Waals surface area contributed by atoms with Crippen LogP contribution in [0.2, 0.25) is 5.02 Å². The van der Waals surface area contributed by atoms with Gasteiger partial charge in [-0.25, -0.2) is 4.39 Å². The van der Waals surface area contributed by atoms with E-state index >= 15 is 0 Å². The van der Waals surface area contributed by atoms with Gasteiger partial charge in [0, 0.05) is 49.0 Å². The van der Waals surface area contributed by atoms with E-state index in [4.69, 9.17) is 16.3 Å². The molecule has 0 aliphatic carbocycles. The Hall–Kier alpha value is -3.71. The van der Waals surface area contributed by atoms with Crippen LogP contribution in [0.25, 0.3) is 6.08 Å². The number of pyridine rings is 1. The second-order valence-corrected chi connectivity index (χ2v) is 7.88. The molecule has 1 saturated heterocycles. The highest BCUT2D eigenvalue weighted by Gasteiger charge is 2.24. The molecule has 0 saturated carbocycles. The van der Waals surface area contributed by atoms with E-state index in [1.807, 2.05) is 0 Å². The van der Waals surface area contributed by atoms with E-state index in [0.717, 1.165) is 0 Å². The van der Waals surface area contributed by atoms with Crippen LogP contribution in [-0.2, 0) is 4.79 Å². The summed E-state index contributed by atoms with van der Waals surface area (Å²) < 4.78 is 19.9. The second-order valence-electron chi connectivity index (χ2n) is 7.44. The normalized spacial score (nSPS) is 13.9. The largest absolute Gasteiger partial charge is 0.453 e. The summed E-state index contributed by atoms with van der Waals surface area (Å²) >= 11 is 5.97. The van der Waals surface area contributed by atoms with Gasteiger partial charge in [0.25, 0.3) is 5.91 Å². The van der Waals surface area contributed by atoms with Crippen molar-refractivity contribution in [2.24, 2.45) is 0 Å². The van der Waals surface area contributed by atoms with Crippen molar-refractivity contribution in [2.75, 3.05) is 26.2 Å². The zero-order valence-corrected chi connectivity index (χ0v) is 18.4. The highest BCUT2D eigenvalue weighted by atomic mass is 35.5. The van der Waals surface area contributed by atoms with E-state index in [9.17, 15) is 14.0 Å². The molecule has 0 bridgehead atoms. The van der Waals surface area contributed by atoms with Gasteiger partial charge in [-0.15, -0.1) is 0 Å². The summed E-state index contributed by atoms with van der Waals surface area (Å²) in [5, 5.41) is 0.507. The number of halogens is 2. The summed E-state index contributed by atoms with van der Waals surface area (Å²) in [5.74, 6) is -0.332. The molecule has 0 unspecified atom stereocenters. The molecule has 33 heavy (non-hydrogen) atoms. The lowest BCUT2D eigenvalue weighted by Crippen LogP contribution is -2.50. The molecule has 0 atom stereocenters. The fraction of sp³-hybridized carbons (Fsp3) is 0.160. The van der Waals surface area contributed by atoms with Crippen molar-refractivity contribution in [1.29, 1.82) is 0 Å². The van der Waals surface area contributed by atoms with Crippen LogP contribution in [0, 0.1) is 5.82 Å². The van der Waals surface area contributed by atoms with Crippen LogP contribution in [0.1, 0.15) is 15.9 Å². The molecule has 0 radical (unpaired) electrons. The molecule has 1 aromatic heterocycles. The predicted octanol–water partition coefficient (Wildman–Crippen LogP) is 4.66. The number of nitrogens with zero attached hydrogens (tertiary/aromatic N) is 3. The molecule has 2 heterocycles. The molecular weight excluding hydrogens is 445 g/mol. The molecule has 2 amide bonds. The van der Waals surface area contributed by atoms with Gasteiger partial charge in [-0.1, -0.05) is 23.7 Å². The molecule has 1 aliphatic heterocycles. The minimum absolute atomic E-state index is 0.0759. The fourth-order valence-corrected chi connectivity index (χ4v) is 3.64. The molecule has 1 fully saturated rings. The maximum Gasteiger partial charge on any atom is 0.254 e. The summed E-state index contributed by atoms with van der Waals surface area (Å²) in [6, 6.07) is 14.7. The summed E-state index contributed by atoms with van der Waals surface area (Å²) in [4.78, 5) is 32.5. The standard InChI is InChI=1S/C25H21ClFN3O3/c26-20-4-1-3-19(16-20)25(32)30-13-11-29(12-14-30)24(31)9-7-18-6-8-23(22(27)15-18)33-21-5-2-10-28-17-21/h1-10,15-17H,11-14H2/b9-7+. The van der Waals surface area contributed by atoms with Crippen molar-refractivity contribution in [2.45, 2.75) is 0 Å². The summed E-state index contributed by atoms with van der Waals surface area (Å²) in [7, 11) is 0. The van der Waals surface area contributed by atoms with Crippen LogP contribution >= 0.6 is 11.6 Å². The molecule has 3 aromatic rings. The topological polar surface area (TPSA) is 62.7 Å². The van der Waals surface area contributed by atoms with E-state index in [1.165, 1.54) is 24.4 Å². The van der Waals surface area contributed by atoms with Crippen molar-refractivity contribution in [3.8, 4) is 11.5 Å². The number of hydrogen-bond acceptors (Lipinski definition) is 4. The third-order valence-electron chi connectivity index (χ3n) is 5.19. The number of rotatable bonds is 5. The highest BCUT2D eigenvalue weighted by molar-refractivity contribution is 6.30. The quantitative estimate of drug-likeness (QED) is 0.514. The van der Waals surface area contributed by atoms with Crippen LogP contribution in [0.15, 0.2) is 73.1 Å². The van der Waals surface area contributed by atoms with Crippen LogP contribution < -0.4 is 4.74 Å². The Bertz CT molecular complexity index is 1180. The average Bonchev–Trinajstić information content (AvgIpc) is 2.84. The Labute approximate surface area is 195 Å². The molecule has 4 rings (SSSR count). The molecule has 168 valence electrons. The van der Waals surface area contributed by atoms with Crippen LogP contribution in [0.5, 0.6) is 11.5 Å². The van der Waals surface area contributed by atoms with E-state index < -0.39 is 5.82 Å². The number of hydrogen-bond donors (Lipinski definition) is 0. The van der Waals surface area contributed by atoms with Gasteiger partial charge in [-0.3, -0.25) is 14.6 Å². The van der Waals surface area contributed by atoms with Crippen molar-refractivity contribution < 1.29 is 18.7 Å². The minimum Gasteiger partial charge on any atom is -0.453 e. The minimum atomic E-state index is -0.540. The number of ether oxygens (including phenoxy) is 1. The zero-order valence-electron chi connectivity index (χ0n) is 17.7. The number of piperazine rings is 1. The first kappa shape index (κ1) is 22.5. The van der Waals surface area contributed by atoms with E-state index in [1.54, 1.807) is 64.5 Å². The molecular formula is C25H21ClFN3O3. The first-order chi connectivity index (χ1) is 16.0. The first-order valence-electron chi connectivity index (χ1n) is 10.4. The van der Waals surface area contributed by atoms with Gasteiger partial charge in [0.05, 0.1) is 6.20 Å². The van der Waals surface area contributed by atoms with Gasteiger partial charge in [-0.2, -0.15) is 0 Å². The third-order valence-corrected chi connectivity index (χ3v) is 5.42. The SMILES string of the molecule is O=C(/C=C/c1ccc(Oc2cccnc2)c(F)c1)N1CCN(C(=O)c2cccc(Cl)c2)CC1. The zero-order chi connectivity index (χ0) is 23.2. The van der Waals surface area contributed by atoms with Crippen molar-refractivity contribution in [3.05, 3.63) is 95.0 Å². The lowest BCUT2D eigenvalue weighted by atomic mass is 10.1. The number of amides is 2. The number of carbonyl (C=O) groups is 2. The van der Waals surface area contributed by atoms with Gasteiger partial charge in [0.2, 0.25) is 5.91 Å². The van der Waals surface area contributed by atoms with Gasteiger partial charge in [-0.05, 0) is 54.1 Å². The Kier molecular flexibility index (Phi) is 7.00. The number of carbonyl (C=O) groups excluding carboxylic acids is 2. The van der Waals surface area contributed by atoms with Gasteiger partial charge < -0.3 is 14.5 Å². The first-order valence-corrected chi connectivity index (χ1v) is 10.8. The molecule has 1 aliphatic rings. The highest BCUT2D eigenvalue weighted by Crippen LogP contribution is 2.25. The van der Waals surface area contributed by atoms with Crippen molar-refractivity contribution >= 4 is 29.5 Å². The van der Waals surface area contributed by atoms with Crippen LogP contribution in [0.4, 0.5) is 4.39 Å². The maximum absolute atomic E-state index is 14.4.